The van der Waals surface area contributed by atoms with Gasteiger partial charge in [-0.05, 0) is 30.5 Å². The average molecular weight is 336 g/mol. The van der Waals surface area contributed by atoms with Crippen LogP contribution in [0.2, 0.25) is 0 Å². The molecule has 0 N–H and O–H groups in total. The fourth-order valence-corrected chi connectivity index (χ4v) is 3.48. The van der Waals surface area contributed by atoms with Crippen LogP contribution in [0.4, 0.5) is 10.2 Å². The number of hydrogen-bond donors (Lipinski definition) is 0. The number of hydrogen-bond acceptors (Lipinski definition) is 5. The topological polar surface area (TPSA) is 70.6 Å². The lowest BCUT2D eigenvalue weighted by Gasteiger charge is -2.26. The minimum atomic E-state index is -0.225. The molecule has 1 aliphatic rings. The summed E-state index contributed by atoms with van der Waals surface area (Å²) in [6.45, 7) is 1.40. The lowest BCUT2D eigenvalue weighted by atomic mass is 10.0. The predicted octanol–water partition coefficient (Wildman–Crippen LogP) is 3.22. The summed E-state index contributed by atoms with van der Waals surface area (Å²) in [5.74, 6) is 0.622. The van der Waals surface area contributed by atoms with Crippen LogP contribution >= 0.6 is 0 Å². The number of aromatic nitrogens is 4. The van der Waals surface area contributed by atoms with Crippen molar-refractivity contribution in [2.45, 2.75) is 31.8 Å². The fraction of sp³-hybridized carbons (Fsp3) is 0.333. The summed E-state index contributed by atoms with van der Waals surface area (Å²) in [7, 11) is 0. The predicted molar refractivity (Wildman–Crippen MR) is 91.3 cm³/mol. The molecule has 0 bridgehead atoms. The first kappa shape index (κ1) is 15.5. The van der Waals surface area contributed by atoms with E-state index in [9.17, 15) is 4.39 Å². The van der Waals surface area contributed by atoms with E-state index in [1.54, 1.807) is 17.2 Å². The summed E-state index contributed by atoms with van der Waals surface area (Å²) in [5.41, 5.74) is 1.83. The fourth-order valence-electron chi connectivity index (χ4n) is 3.48. The molecule has 0 radical (unpaired) electrons. The van der Waals surface area contributed by atoms with Crippen molar-refractivity contribution in [2.75, 3.05) is 11.4 Å². The van der Waals surface area contributed by atoms with Gasteiger partial charge in [-0.25, -0.2) is 19.0 Å². The summed E-state index contributed by atoms with van der Waals surface area (Å²) < 4.78 is 15.0. The maximum absolute atomic E-state index is 13.2. The van der Waals surface area contributed by atoms with Crippen LogP contribution in [-0.4, -0.2) is 26.3 Å². The van der Waals surface area contributed by atoms with Crippen molar-refractivity contribution < 1.29 is 4.39 Å². The molecule has 6 nitrogen and oxygen atoms in total. The highest BCUT2D eigenvalue weighted by Gasteiger charge is 2.29. The number of nitriles is 1. The van der Waals surface area contributed by atoms with Crippen molar-refractivity contribution in [3.05, 3.63) is 48.2 Å². The zero-order valence-corrected chi connectivity index (χ0v) is 13.6. The molecule has 25 heavy (non-hydrogen) atoms. The highest BCUT2D eigenvalue weighted by Crippen LogP contribution is 2.37. The van der Waals surface area contributed by atoms with E-state index >= 15 is 0 Å². The van der Waals surface area contributed by atoms with Crippen molar-refractivity contribution >= 4 is 16.9 Å². The van der Waals surface area contributed by atoms with E-state index in [0.717, 1.165) is 41.8 Å². The summed E-state index contributed by atoms with van der Waals surface area (Å²) in [4.78, 5) is 11.1. The highest BCUT2D eigenvalue weighted by molar-refractivity contribution is 5.87. The molecule has 4 rings (SSSR count). The van der Waals surface area contributed by atoms with Crippen LogP contribution in [-0.2, 0) is 6.54 Å². The van der Waals surface area contributed by atoms with Crippen LogP contribution in [0.15, 0.2) is 36.8 Å². The third-order valence-corrected chi connectivity index (χ3v) is 4.63. The Bertz CT molecular complexity index is 927. The molecule has 2 aromatic heterocycles. The van der Waals surface area contributed by atoms with Gasteiger partial charge in [0.05, 0.1) is 36.7 Å². The number of aryl methyl sites for hydroxylation is 1. The Labute approximate surface area is 144 Å². The molecule has 0 amide bonds. The Hall–Kier alpha value is -3.01. The molecule has 7 heteroatoms. The van der Waals surface area contributed by atoms with E-state index in [1.165, 1.54) is 12.1 Å². The van der Waals surface area contributed by atoms with E-state index in [0.29, 0.717) is 13.0 Å². The third kappa shape index (κ3) is 2.80. The van der Waals surface area contributed by atoms with Crippen LogP contribution in [0.25, 0.3) is 11.0 Å². The smallest absolute Gasteiger partial charge is 0.163 e. The summed E-state index contributed by atoms with van der Waals surface area (Å²) in [6, 6.07) is 8.98. The second-order valence-corrected chi connectivity index (χ2v) is 6.11. The molecular formula is C18H17FN6. The molecule has 126 valence electrons. The zero-order chi connectivity index (χ0) is 17.2. The normalized spacial score (nSPS) is 17.1. The van der Waals surface area contributed by atoms with Crippen molar-refractivity contribution in [1.82, 2.24) is 19.7 Å². The van der Waals surface area contributed by atoms with Crippen molar-refractivity contribution in [3.8, 4) is 6.07 Å². The van der Waals surface area contributed by atoms with Crippen molar-refractivity contribution in [3.63, 3.8) is 0 Å². The average Bonchev–Trinajstić information content (AvgIpc) is 3.27. The van der Waals surface area contributed by atoms with Crippen molar-refractivity contribution in [1.29, 1.82) is 5.26 Å². The van der Waals surface area contributed by atoms with Crippen molar-refractivity contribution in [2.24, 2.45) is 0 Å². The molecule has 0 saturated carbocycles. The molecule has 1 atom stereocenters. The van der Waals surface area contributed by atoms with Gasteiger partial charge < -0.3 is 4.90 Å². The van der Waals surface area contributed by atoms with Gasteiger partial charge in [0.15, 0.2) is 5.65 Å². The number of rotatable bonds is 4. The molecule has 3 aromatic rings. The van der Waals surface area contributed by atoms with Crippen LogP contribution in [0.5, 0.6) is 0 Å². The quantitative estimate of drug-likeness (QED) is 0.731. The molecule has 1 fully saturated rings. The molecule has 0 unspecified atom stereocenters. The zero-order valence-electron chi connectivity index (χ0n) is 13.6. The van der Waals surface area contributed by atoms with Gasteiger partial charge in [0.2, 0.25) is 0 Å². The minimum absolute atomic E-state index is 0.168. The summed E-state index contributed by atoms with van der Waals surface area (Å²) in [5, 5.41) is 14.0. The molecular weight excluding hydrogens is 319 g/mol. The Kier molecular flexibility index (Phi) is 4.02. The van der Waals surface area contributed by atoms with E-state index < -0.39 is 0 Å². The number of fused-ring (bicyclic) bond motifs is 1. The minimum Gasteiger partial charge on any atom is -0.349 e. The van der Waals surface area contributed by atoms with Crippen LogP contribution in [0.1, 0.15) is 30.9 Å². The van der Waals surface area contributed by atoms with Gasteiger partial charge in [0.1, 0.15) is 18.0 Å². The molecule has 1 aromatic carbocycles. The number of anilines is 1. The third-order valence-electron chi connectivity index (χ3n) is 4.63. The maximum Gasteiger partial charge on any atom is 0.163 e. The van der Waals surface area contributed by atoms with Gasteiger partial charge in [-0.3, -0.25) is 0 Å². The number of nitrogens with zero attached hydrogens (tertiary/aromatic N) is 6. The molecule has 1 saturated heterocycles. The Morgan fingerprint density at radius 2 is 2.08 bits per heavy atom. The molecule has 0 spiro atoms. The van der Waals surface area contributed by atoms with Gasteiger partial charge in [-0.2, -0.15) is 10.4 Å². The summed E-state index contributed by atoms with van der Waals surface area (Å²) in [6.07, 6.45) is 5.75. The maximum atomic E-state index is 13.2. The Morgan fingerprint density at radius 3 is 2.88 bits per heavy atom. The van der Waals surface area contributed by atoms with Crippen LogP contribution in [0, 0.1) is 17.1 Å². The first-order valence-electron chi connectivity index (χ1n) is 8.33. The Morgan fingerprint density at radius 1 is 1.24 bits per heavy atom. The lowest BCUT2D eigenvalue weighted by Crippen LogP contribution is -2.23. The number of benzene rings is 1. The van der Waals surface area contributed by atoms with Crippen LogP contribution in [0.3, 0.4) is 0 Å². The van der Waals surface area contributed by atoms with E-state index in [2.05, 4.69) is 26.0 Å². The largest absolute Gasteiger partial charge is 0.349 e. The first-order chi connectivity index (χ1) is 12.3. The standard InChI is InChI=1S/C18H17FN6/c19-14-6-4-13(5-7-14)16-3-1-9-24(16)17-15-11-23-25(10-2-8-20)18(15)22-12-21-17/h4-7,11-12,16H,1-3,9-10H2/t16-/m0/s1. The van der Waals surface area contributed by atoms with E-state index in [4.69, 9.17) is 5.26 Å². The lowest BCUT2D eigenvalue weighted by molar-refractivity contribution is 0.624. The monoisotopic (exact) mass is 336 g/mol. The van der Waals surface area contributed by atoms with Crippen LogP contribution < -0.4 is 4.90 Å². The van der Waals surface area contributed by atoms with Gasteiger partial charge in [-0.1, -0.05) is 12.1 Å². The van der Waals surface area contributed by atoms with Gasteiger partial charge >= 0.3 is 0 Å². The SMILES string of the molecule is N#CCCn1ncc2c(N3CCC[C@H]3c3ccc(F)cc3)ncnc21. The second-order valence-electron chi connectivity index (χ2n) is 6.11. The Balaban J connectivity index is 1.72. The van der Waals surface area contributed by atoms with Gasteiger partial charge in [0.25, 0.3) is 0 Å². The van der Waals surface area contributed by atoms with Gasteiger partial charge in [-0.15, -0.1) is 0 Å². The second kappa shape index (κ2) is 6.48. The highest BCUT2D eigenvalue weighted by atomic mass is 19.1. The molecule has 0 aliphatic carbocycles. The molecule has 3 heterocycles. The van der Waals surface area contributed by atoms with Gasteiger partial charge in [0, 0.05) is 6.54 Å². The van der Waals surface area contributed by atoms with E-state index in [1.807, 2.05) is 12.1 Å². The summed E-state index contributed by atoms with van der Waals surface area (Å²) >= 11 is 0. The van der Waals surface area contributed by atoms with E-state index in [-0.39, 0.29) is 11.9 Å². The number of halogens is 1. The molecule has 1 aliphatic heterocycles. The first-order valence-corrected chi connectivity index (χ1v) is 8.33.